The quantitative estimate of drug-likeness (QED) is 0.0939. The van der Waals surface area contributed by atoms with Gasteiger partial charge in [0.25, 0.3) is 0 Å². The van der Waals surface area contributed by atoms with Gasteiger partial charge in [-0.2, -0.15) is 0 Å². The molecule has 0 amide bonds. The molecule has 150 heavy (non-hydrogen) atoms. The van der Waals surface area contributed by atoms with E-state index in [0.717, 1.165) is 243 Å². The Kier molecular flexibility index (Phi) is 21.5. The number of aromatic nitrogens is 9. The second-order valence-corrected chi connectivity index (χ2v) is 37.3. The Morgan fingerprint density at radius 3 is 0.607 bits per heavy atom. The summed E-state index contributed by atoms with van der Waals surface area (Å²) in [6.07, 6.45) is 0. The minimum absolute atomic E-state index is 0.562. The molecule has 9 aromatic heterocycles. The van der Waals surface area contributed by atoms with E-state index in [1.54, 1.807) is 0 Å². The van der Waals surface area contributed by atoms with Crippen molar-refractivity contribution < 1.29 is 26.5 Å². The summed E-state index contributed by atoms with van der Waals surface area (Å²) in [4.78, 5) is 45.2. The molecule has 30 rings (SSSR count). The van der Waals surface area contributed by atoms with Crippen molar-refractivity contribution in [1.29, 1.82) is 0 Å². The molecule has 0 aliphatic carbocycles. The van der Waals surface area contributed by atoms with Crippen molar-refractivity contribution >= 4 is 132 Å². The van der Waals surface area contributed by atoms with E-state index in [-0.39, 0.29) is 0 Å². The van der Waals surface area contributed by atoms with Crippen molar-refractivity contribution in [1.82, 2.24) is 44.9 Å². The molecule has 702 valence electrons. The topological polar surface area (TPSA) is 195 Å². The molecule has 15 heteroatoms. The van der Waals surface area contributed by atoms with Gasteiger partial charge in [-0.25, -0.2) is 44.9 Å². The molecule has 0 saturated heterocycles. The predicted octanol–water partition coefficient (Wildman–Crippen LogP) is 36.0. The minimum Gasteiger partial charge on any atom is -0.456 e. The highest BCUT2D eigenvalue weighted by molar-refractivity contribution is 6.15. The average molecular weight is 1930 g/mol. The van der Waals surface area contributed by atoms with Crippen molar-refractivity contribution in [2.24, 2.45) is 0 Å². The first kappa shape index (κ1) is 87.3. The zero-order chi connectivity index (χ0) is 99.1. The van der Waals surface area contributed by atoms with E-state index >= 15 is 0 Å². The summed E-state index contributed by atoms with van der Waals surface area (Å²) >= 11 is 0. The number of furan rings is 6. The van der Waals surface area contributed by atoms with Gasteiger partial charge >= 0.3 is 0 Å². The van der Waals surface area contributed by atoms with Crippen molar-refractivity contribution in [2.45, 2.75) is 0 Å². The largest absolute Gasteiger partial charge is 0.456 e. The lowest BCUT2D eigenvalue weighted by atomic mass is 9.99. The van der Waals surface area contributed by atoms with Gasteiger partial charge in [-0.1, -0.05) is 370 Å². The fourth-order valence-electron chi connectivity index (χ4n) is 20.5. The lowest BCUT2D eigenvalue weighted by molar-refractivity contribution is 0.668. The summed E-state index contributed by atoms with van der Waals surface area (Å²) in [7, 11) is 0. The number of nitrogens with zero attached hydrogens (tertiary/aromatic N) is 9. The van der Waals surface area contributed by atoms with E-state index < -0.39 is 0 Å². The van der Waals surface area contributed by atoms with Crippen molar-refractivity contribution in [2.75, 3.05) is 0 Å². The lowest BCUT2D eigenvalue weighted by Crippen LogP contribution is -2.00. The van der Waals surface area contributed by atoms with E-state index in [2.05, 4.69) is 297 Å². The second kappa shape index (κ2) is 37.0. The average Bonchev–Trinajstić information content (AvgIpc) is 1.53. The Balaban J connectivity index is 0.000000108. The highest BCUT2D eigenvalue weighted by Crippen LogP contribution is 2.45. The Bertz CT molecular complexity index is 10200. The molecule has 21 aromatic carbocycles. The summed E-state index contributed by atoms with van der Waals surface area (Å²) in [5.41, 5.74) is 31.3. The number of hydrogen-bond donors (Lipinski definition) is 0. The zero-order valence-electron chi connectivity index (χ0n) is 80.2. The van der Waals surface area contributed by atoms with Gasteiger partial charge < -0.3 is 26.5 Å². The van der Waals surface area contributed by atoms with Crippen LogP contribution in [0.5, 0.6) is 0 Å². The van der Waals surface area contributed by atoms with Crippen LogP contribution in [0, 0.1) is 0 Å². The number of rotatable bonds is 15. The predicted molar refractivity (Wildman–Crippen MR) is 605 cm³/mol. The molecule has 0 bridgehead atoms. The van der Waals surface area contributed by atoms with Crippen molar-refractivity contribution in [3.63, 3.8) is 0 Å². The molecule has 0 radical (unpaired) electrons. The van der Waals surface area contributed by atoms with Crippen LogP contribution in [-0.2, 0) is 0 Å². The molecule has 0 saturated carbocycles. The monoisotopic (exact) mass is 1920 g/mol. The minimum atomic E-state index is 0.562. The first-order valence-corrected chi connectivity index (χ1v) is 49.8. The SMILES string of the molecule is c1ccc(-c2ccc(-c3nc(-c4ccc5c(c4)oc4ccccc45)nc(-c4ccc5c(c4)oc4cc(-c6ccccc6)ccc45)n3)cc2)cc1.c1ccc(-c2ccc(-c3nc(-c4ccc5c(c4)oc4ccccc45)nc(-c4ccc5c(c4)oc4ccc(-c6ccccc6)cc45)n3)cc2)cc1.c1ccc(-c2ccc(-c3nc(-c4ccc5c(c4)oc4ccccc45)nc(-c4ccc5c(c4)oc4cccc(-c6ccccc6)c45)n3)cc2)cc1. The molecule has 0 atom stereocenters. The maximum absolute atomic E-state index is 6.46. The van der Waals surface area contributed by atoms with Gasteiger partial charge in [-0.05, 0) is 188 Å². The normalized spacial score (nSPS) is 11.6. The molecule has 15 nitrogen and oxygen atoms in total. The lowest BCUT2D eigenvalue weighted by Gasteiger charge is -2.09. The van der Waals surface area contributed by atoms with Crippen LogP contribution in [0.3, 0.4) is 0 Å². The standard InChI is InChI=1S/3C45H27N3O2/c1-3-10-28(11-4-1)29-18-20-31(21-19-29)43-46-44(32-22-24-36-35-14-7-8-16-38(35)49-40(36)26-32)48-45(47-43)33-23-25-37-41(27-33)50-39-17-9-15-34(42(37)39)30-12-5-2-6-13-30;1-3-9-28(10-4-1)30-15-17-31(18-16-30)43-46-44(33-19-22-36-35-13-7-8-14-39(35)49-41(36)26-33)48-45(47-43)34-20-23-37-38-25-32(29-11-5-2-6-12-29)21-24-40(38)50-42(37)27-34;1-3-9-28(10-4-1)30-15-17-31(18-16-30)43-46-44(33-20-23-36-35-13-7-8-14-39(35)49-41(36)26-33)48-45(47-43)34-21-24-38-37-22-19-32(29-11-5-2-6-12-29)25-40(37)50-42(38)27-34/h3*1-27H. The summed E-state index contributed by atoms with van der Waals surface area (Å²) in [6.45, 7) is 0. The maximum Gasteiger partial charge on any atom is 0.164 e. The van der Waals surface area contributed by atoms with Crippen LogP contribution >= 0.6 is 0 Å². The van der Waals surface area contributed by atoms with Gasteiger partial charge in [0, 0.05) is 115 Å². The van der Waals surface area contributed by atoms with Gasteiger partial charge in [-0.15, -0.1) is 0 Å². The molecule has 0 fully saturated rings. The summed E-state index contributed by atoms with van der Waals surface area (Å²) in [6, 6.07) is 168. The third-order valence-corrected chi connectivity index (χ3v) is 28.1. The molecule has 9 heterocycles. The third kappa shape index (κ3) is 16.4. The molecule has 0 unspecified atom stereocenters. The Morgan fingerprint density at radius 2 is 0.287 bits per heavy atom. The Labute approximate surface area is 857 Å². The van der Waals surface area contributed by atoms with E-state index in [1.807, 2.05) is 194 Å². The van der Waals surface area contributed by atoms with Gasteiger partial charge in [0.15, 0.2) is 52.4 Å². The number of hydrogen-bond acceptors (Lipinski definition) is 15. The molecule has 0 aliphatic rings. The van der Waals surface area contributed by atoms with Crippen LogP contribution in [0.2, 0.25) is 0 Å². The number of fused-ring (bicyclic) bond motifs is 18. The van der Waals surface area contributed by atoms with E-state index in [9.17, 15) is 0 Å². The molecule has 0 aliphatic heterocycles. The summed E-state index contributed by atoms with van der Waals surface area (Å²) in [5, 5.41) is 12.8. The Morgan fingerprint density at radius 1 is 0.100 bits per heavy atom. The maximum atomic E-state index is 6.46. The first-order valence-electron chi connectivity index (χ1n) is 49.8. The molecule has 0 spiro atoms. The van der Waals surface area contributed by atoms with Gasteiger partial charge in [0.05, 0.1) is 0 Å². The van der Waals surface area contributed by atoms with Gasteiger partial charge in [0.2, 0.25) is 0 Å². The number of para-hydroxylation sites is 3. The van der Waals surface area contributed by atoms with Crippen LogP contribution < -0.4 is 0 Å². The number of benzene rings is 21. The highest BCUT2D eigenvalue weighted by atomic mass is 16.3. The highest BCUT2D eigenvalue weighted by Gasteiger charge is 2.25. The molecule has 0 N–H and O–H groups in total. The van der Waals surface area contributed by atoms with Crippen molar-refractivity contribution in [3.05, 3.63) is 491 Å². The van der Waals surface area contributed by atoms with Crippen LogP contribution in [-0.4, -0.2) is 44.9 Å². The fourth-order valence-corrected chi connectivity index (χ4v) is 20.5. The van der Waals surface area contributed by atoms with Crippen LogP contribution in [0.1, 0.15) is 0 Å². The van der Waals surface area contributed by atoms with Crippen LogP contribution in [0.25, 0.3) is 301 Å². The molecular weight excluding hydrogens is 1840 g/mol. The van der Waals surface area contributed by atoms with E-state index in [0.29, 0.717) is 52.4 Å². The van der Waals surface area contributed by atoms with Crippen LogP contribution in [0.4, 0.5) is 0 Å². The van der Waals surface area contributed by atoms with Gasteiger partial charge in [-0.3, -0.25) is 0 Å². The smallest absolute Gasteiger partial charge is 0.164 e. The summed E-state index contributed by atoms with van der Waals surface area (Å²) < 4.78 is 38.0. The van der Waals surface area contributed by atoms with E-state index in [4.69, 9.17) is 71.4 Å². The second-order valence-electron chi connectivity index (χ2n) is 37.3. The first-order chi connectivity index (χ1) is 74.2. The summed E-state index contributed by atoms with van der Waals surface area (Å²) in [5.74, 6) is 5.16. The van der Waals surface area contributed by atoms with Gasteiger partial charge in [0.1, 0.15) is 67.0 Å². The fraction of sp³-hybridized carbons (Fsp3) is 0. The molecule has 30 aromatic rings. The Hall–Kier alpha value is -20.6. The zero-order valence-corrected chi connectivity index (χ0v) is 80.2. The molecular formula is C135H81N9O6. The van der Waals surface area contributed by atoms with Crippen LogP contribution in [0.15, 0.2) is 518 Å². The van der Waals surface area contributed by atoms with Crippen molar-refractivity contribution in [3.8, 4) is 169 Å². The third-order valence-electron chi connectivity index (χ3n) is 28.1. The van der Waals surface area contributed by atoms with E-state index in [1.165, 1.54) is 5.56 Å².